The van der Waals surface area contributed by atoms with Gasteiger partial charge in [0.15, 0.2) is 0 Å². The minimum absolute atomic E-state index is 0.0251. The summed E-state index contributed by atoms with van der Waals surface area (Å²) < 4.78 is 0. The lowest BCUT2D eigenvalue weighted by atomic mass is 9.96. The highest BCUT2D eigenvalue weighted by molar-refractivity contribution is 5.87. The summed E-state index contributed by atoms with van der Waals surface area (Å²) >= 11 is 0. The fourth-order valence-corrected chi connectivity index (χ4v) is 2.13. The maximum Gasteiger partial charge on any atom is 0.242 e. The Morgan fingerprint density at radius 2 is 2.22 bits per heavy atom. The van der Waals surface area contributed by atoms with Crippen molar-refractivity contribution < 1.29 is 9.59 Å². The van der Waals surface area contributed by atoms with Crippen LogP contribution in [0.4, 0.5) is 0 Å². The lowest BCUT2D eigenvalue weighted by Gasteiger charge is -2.23. The summed E-state index contributed by atoms with van der Waals surface area (Å²) in [5, 5.41) is 8.82. The van der Waals surface area contributed by atoms with Gasteiger partial charge in [0.2, 0.25) is 11.8 Å². The van der Waals surface area contributed by atoms with E-state index in [0.29, 0.717) is 18.9 Å². The van der Waals surface area contributed by atoms with E-state index in [1.807, 2.05) is 6.92 Å². The average molecular weight is 255 g/mol. The Hall–Kier alpha value is -1.10. The molecule has 5 heteroatoms. The van der Waals surface area contributed by atoms with Crippen molar-refractivity contribution in [3.05, 3.63) is 0 Å². The second kappa shape index (κ2) is 8.08. The molecular formula is C13H25N3O2. The molecule has 1 heterocycles. The highest BCUT2D eigenvalue weighted by Crippen LogP contribution is 2.13. The first-order valence-electron chi connectivity index (χ1n) is 6.91. The molecule has 3 N–H and O–H groups in total. The standard InChI is InChI=1S/C13H25N3O2/c1-3-6-15-13(18)10(2)16-12(17)8-11-5-4-7-14-9-11/h10-11,14H,3-9H2,1-2H3,(H,15,18)(H,16,17). The van der Waals surface area contributed by atoms with E-state index in [2.05, 4.69) is 16.0 Å². The van der Waals surface area contributed by atoms with Gasteiger partial charge in [-0.05, 0) is 45.2 Å². The molecule has 1 fully saturated rings. The van der Waals surface area contributed by atoms with Gasteiger partial charge in [-0.2, -0.15) is 0 Å². The number of piperidine rings is 1. The summed E-state index contributed by atoms with van der Waals surface area (Å²) in [5.41, 5.74) is 0. The van der Waals surface area contributed by atoms with Gasteiger partial charge in [-0.3, -0.25) is 9.59 Å². The van der Waals surface area contributed by atoms with Gasteiger partial charge in [0.1, 0.15) is 6.04 Å². The second-order valence-corrected chi connectivity index (χ2v) is 5.00. The smallest absolute Gasteiger partial charge is 0.242 e. The largest absolute Gasteiger partial charge is 0.354 e. The van der Waals surface area contributed by atoms with Crippen LogP contribution in [0.1, 0.15) is 39.5 Å². The third kappa shape index (κ3) is 5.49. The topological polar surface area (TPSA) is 70.2 Å². The number of amides is 2. The van der Waals surface area contributed by atoms with Crippen LogP contribution in [0.2, 0.25) is 0 Å². The molecule has 0 aromatic rings. The number of carbonyl (C=O) groups excluding carboxylic acids is 2. The molecule has 0 aliphatic carbocycles. The monoisotopic (exact) mass is 255 g/mol. The molecule has 2 unspecified atom stereocenters. The van der Waals surface area contributed by atoms with Crippen LogP contribution >= 0.6 is 0 Å². The molecule has 0 aromatic carbocycles. The number of nitrogens with one attached hydrogen (secondary N) is 3. The van der Waals surface area contributed by atoms with Gasteiger partial charge in [-0.1, -0.05) is 6.92 Å². The molecule has 1 aliphatic rings. The van der Waals surface area contributed by atoms with Gasteiger partial charge in [-0.15, -0.1) is 0 Å². The van der Waals surface area contributed by atoms with E-state index in [1.54, 1.807) is 6.92 Å². The van der Waals surface area contributed by atoms with E-state index >= 15 is 0 Å². The molecule has 0 aromatic heterocycles. The van der Waals surface area contributed by atoms with E-state index in [4.69, 9.17) is 0 Å². The van der Waals surface area contributed by atoms with E-state index in [1.165, 1.54) is 0 Å². The normalized spacial score (nSPS) is 21.1. The molecule has 2 amide bonds. The first-order chi connectivity index (χ1) is 8.63. The zero-order valence-electron chi connectivity index (χ0n) is 11.4. The van der Waals surface area contributed by atoms with Gasteiger partial charge < -0.3 is 16.0 Å². The quantitative estimate of drug-likeness (QED) is 0.644. The van der Waals surface area contributed by atoms with Gasteiger partial charge >= 0.3 is 0 Å². The SMILES string of the molecule is CCCNC(=O)C(C)NC(=O)CC1CCCNC1. The molecule has 104 valence electrons. The maximum atomic E-state index is 11.8. The van der Waals surface area contributed by atoms with Crippen LogP contribution in [0, 0.1) is 5.92 Å². The van der Waals surface area contributed by atoms with Crippen LogP contribution in [-0.4, -0.2) is 37.5 Å². The first kappa shape index (κ1) is 15.0. The average Bonchev–Trinajstić information content (AvgIpc) is 2.36. The number of hydrogen-bond acceptors (Lipinski definition) is 3. The summed E-state index contributed by atoms with van der Waals surface area (Å²) in [6, 6.07) is -0.444. The molecule has 1 aliphatic heterocycles. The van der Waals surface area contributed by atoms with E-state index in [0.717, 1.165) is 32.4 Å². The van der Waals surface area contributed by atoms with Gasteiger partial charge in [-0.25, -0.2) is 0 Å². The molecule has 0 radical (unpaired) electrons. The molecular weight excluding hydrogens is 230 g/mol. The van der Waals surface area contributed by atoms with Gasteiger partial charge in [0.05, 0.1) is 0 Å². The predicted molar refractivity (Wildman–Crippen MR) is 71.1 cm³/mol. The Kier molecular flexibility index (Phi) is 6.72. The minimum atomic E-state index is -0.444. The molecule has 0 saturated carbocycles. The number of hydrogen-bond donors (Lipinski definition) is 3. The summed E-state index contributed by atoms with van der Waals surface area (Å²) in [6.45, 7) is 6.34. The van der Waals surface area contributed by atoms with E-state index in [9.17, 15) is 9.59 Å². The molecule has 1 saturated heterocycles. The Morgan fingerprint density at radius 3 is 2.83 bits per heavy atom. The molecule has 2 atom stereocenters. The van der Waals surface area contributed by atoms with Crippen molar-refractivity contribution >= 4 is 11.8 Å². The zero-order valence-corrected chi connectivity index (χ0v) is 11.4. The lowest BCUT2D eigenvalue weighted by molar-refractivity contribution is -0.129. The van der Waals surface area contributed by atoms with Crippen molar-refractivity contribution in [1.82, 2.24) is 16.0 Å². The Labute approximate surface area is 109 Å². The van der Waals surface area contributed by atoms with Crippen LogP contribution in [0.3, 0.4) is 0 Å². The predicted octanol–water partition coefficient (Wildman–Crippen LogP) is 0.407. The summed E-state index contributed by atoms with van der Waals surface area (Å²) in [6.07, 6.45) is 3.64. The Morgan fingerprint density at radius 1 is 1.44 bits per heavy atom. The summed E-state index contributed by atoms with van der Waals surface area (Å²) in [4.78, 5) is 23.4. The van der Waals surface area contributed by atoms with Crippen molar-refractivity contribution in [3.63, 3.8) is 0 Å². The minimum Gasteiger partial charge on any atom is -0.354 e. The Balaban J connectivity index is 2.23. The van der Waals surface area contributed by atoms with Crippen LogP contribution in [0.5, 0.6) is 0 Å². The highest BCUT2D eigenvalue weighted by atomic mass is 16.2. The van der Waals surface area contributed by atoms with Crippen molar-refractivity contribution in [2.24, 2.45) is 5.92 Å². The van der Waals surface area contributed by atoms with Crippen LogP contribution in [0.25, 0.3) is 0 Å². The van der Waals surface area contributed by atoms with E-state index in [-0.39, 0.29) is 11.8 Å². The van der Waals surface area contributed by atoms with Crippen molar-refractivity contribution in [2.45, 2.75) is 45.6 Å². The highest BCUT2D eigenvalue weighted by Gasteiger charge is 2.19. The zero-order chi connectivity index (χ0) is 13.4. The third-order valence-electron chi connectivity index (χ3n) is 3.19. The van der Waals surface area contributed by atoms with Gasteiger partial charge in [0, 0.05) is 13.0 Å². The van der Waals surface area contributed by atoms with E-state index < -0.39 is 6.04 Å². The Bertz CT molecular complexity index is 275. The molecule has 18 heavy (non-hydrogen) atoms. The molecule has 0 spiro atoms. The maximum absolute atomic E-state index is 11.8. The lowest BCUT2D eigenvalue weighted by Crippen LogP contribution is -2.46. The third-order valence-corrected chi connectivity index (χ3v) is 3.19. The molecule has 1 rings (SSSR count). The first-order valence-corrected chi connectivity index (χ1v) is 6.91. The summed E-state index contributed by atoms with van der Waals surface area (Å²) in [7, 11) is 0. The van der Waals surface area contributed by atoms with Crippen molar-refractivity contribution in [1.29, 1.82) is 0 Å². The summed E-state index contributed by atoms with van der Waals surface area (Å²) in [5.74, 6) is 0.277. The molecule has 0 bridgehead atoms. The fraction of sp³-hybridized carbons (Fsp3) is 0.846. The molecule has 5 nitrogen and oxygen atoms in total. The van der Waals surface area contributed by atoms with Gasteiger partial charge in [0.25, 0.3) is 0 Å². The van der Waals surface area contributed by atoms with Crippen LogP contribution < -0.4 is 16.0 Å². The van der Waals surface area contributed by atoms with Crippen molar-refractivity contribution in [2.75, 3.05) is 19.6 Å². The number of rotatable bonds is 6. The van der Waals surface area contributed by atoms with Crippen LogP contribution in [0.15, 0.2) is 0 Å². The van der Waals surface area contributed by atoms with Crippen LogP contribution in [-0.2, 0) is 9.59 Å². The van der Waals surface area contributed by atoms with Crippen molar-refractivity contribution in [3.8, 4) is 0 Å². The fourth-order valence-electron chi connectivity index (χ4n) is 2.13. The second-order valence-electron chi connectivity index (χ2n) is 5.00. The number of carbonyl (C=O) groups is 2.